The van der Waals surface area contributed by atoms with Crippen molar-refractivity contribution in [3.63, 3.8) is 0 Å². The van der Waals surface area contributed by atoms with Crippen LogP contribution in [0, 0.1) is 0 Å². The maximum atomic E-state index is 13.5. The molecule has 2 atom stereocenters. The first-order valence-electron chi connectivity index (χ1n) is 14.2. The number of benzene rings is 2. The van der Waals surface area contributed by atoms with Gasteiger partial charge in [0.1, 0.15) is 18.5 Å². The van der Waals surface area contributed by atoms with Crippen molar-refractivity contribution >= 4 is 19.9 Å². The average molecular weight is 632 g/mol. The van der Waals surface area contributed by atoms with E-state index in [9.17, 15) is 21.9 Å². The highest BCUT2D eigenvalue weighted by Gasteiger charge is 2.44. The van der Waals surface area contributed by atoms with Gasteiger partial charge in [-0.3, -0.25) is 4.98 Å². The lowest BCUT2D eigenvalue weighted by Crippen LogP contribution is -2.47. The van der Waals surface area contributed by atoms with Gasteiger partial charge in [-0.25, -0.2) is 16.8 Å². The van der Waals surface area contributed by atoms with Crippen molar-refractivity contribution in [2.24, 2.45) is 0 Å². The minimum absolute atomic E-state index is 0.00167. The van der Waals surface area contributed by atoms with Gasteiger partial charge in [0.05, 0.1) is 34.4 Å². The predicted octanol–water partition coefficient (Wildman–Crippen LogP) is 1.86. The summed E-state index contributed by atoms with van der Waals surface area (Å²) in [4.78, 5) is 4.34. The first-order chi connectivity index (χ1) is 20.6. The molecule has 2 aromatic carbocycles. The van der Waals surface area contributed by atoms with Gasteiger partial charge in [0.25, 0.3) is 0 Å². The van der Waals surface area contributed by atoms with E-state index in [-0.39, 0.29) is 34.7 Å². The largest absolute Gasteiger partial charge is 0.491 e. The highest BCUT2D eigenvalue weighted by Crippen LogP contribution is 2.37. The molecule has 1 unspecified atom stereocenters. The number of ether oxygens (including phenoxy) is 2. The quantitative estimate of drug-likeness (QED) is 0.270. The molecule has 1 spiro atoms. The fraction of sp³-hybridized carbons (Fsp3) is 0.433. The summed E-state index contributed by atoms with van der Waals surface area (Å²) in [7, 11) is -7.26. The summed E-state index contributed by atoms with van der Waals surface area (Å²) in [6.07, 6.45) is 4.37. The molecule has 2 aliphatic rings. The van der Waals surface area contributed by atoms with Gasteiger partial charge in [-0.2, -0.15) is 4.31 Å². The molecule has 0 bridgehead atoms. The molecule has 2 fully saturated rings. The monoisotopic (exact) mass is 631 g/mol. The highest BCUT2D eigenvalue weighted by molar-refractivity contribution is 7.91. The van der Waals surface area contributed by atoms with Gasteiger partial charge in [-0.15, -0.1) is 0 Å². The van der Waals surface area contributed by atoms with Crippen LogP contribution in [0.1, 0.15) is 19.3 Å². The van der Waals surface area contributed by atoms with Crippen molar-refractivity contribution in [1.29, 1.82) is 0 Å². The van der Waals surface area contributed by atoms with Gasteiger partial charge in [0, 0.05) is 38.1 Å². The fourth-order valence-corrected chi connectivity index (χ4v) is 8.08. The number of sulfone groups is 1. The van der Waals surface area contributed by atoms with E-state index in [1.165, 1.54) is 16.4 Å². The second-order valence-corrected chi connectivity index (χ2v) is 15.0. The lowest BCUT2D eigenvalue weighted by atomic mass is 9.88. The van der Waals surface area contributed by atoms with E-state index in [2.05, 4.69) is 10.3 Å². The van der Waals surface area contributed by atoms with E-state index in [0.717, 1.165) is 11.1 Å². The number of aliphatic hydroxyl groups is 2. The Morgan fingerprint density at radius 1 is 1.00 bits per heavy atom. The first-order valence-corrected chi connectivity index (χ1v) is 17.3. The van der Waals surface area contributed by atoms with E-state index in [1.54, 1.807) is 42.7 Å². The molecule has 0 amide bonds. The Hall–Kier alpha value is -2.91. The summed E-state index contributed by atoms with van der Waals surface area (Å²) in [6.45, 7) is 0.921. The molecule has 2 saturated heterocycles. The molecule has 3 heterocycles. The summed E-state index contributed by atoms with van der Waals surface area (Å²) in [5, 5.41) is 22.8. The second-order valence-electron chi connectivity index (χ2n) is 11.0. The van der Waals surface area contributed by atoms with Gasteiger partial charge in [-0.05, 0) is 72.9 Å². The standard InChI is InChI=1S/C30H37N3O8S2/c34-15-16-42(36,37)28-5-2-4-27(18-28)40-22-26(35)20-32-25-19-30(41-21-25)9-13-33(14-10-30)43(38,39)29-6-1-3-24(17-29)23-7-11-31-12-8-23/h1-8,11-12,17-18,25-26,32,34-35H,9-10,13-16,19-22H2/t25-,26?/m1/s1. The van der Waals surface area contributed by atoms with Crippen LogP contribution in [0.4, 0.5) is 0 Å². The Balaban J connectivity index is 1.09. The molecule has 11 nitrogen and oxygen atoms in total. The summed E-state index contributed by atoms with van der Waals surface area (Å²) in [5.41, 5.74) is 1.31. The van der Waals surface area contributed by atoms with Crippen molar-refractivity contribution in [3.05, 3.63) is 73.1 Å². The Morgan fingerprint density at radius 2 is 1.72 bits per heavy atom. The number of hydrogen-bond acceptors (Lipinski definition) is 10. The zero-order valence-electron chi connectivity index (χ0n) is 23.7. The summed E-state index contributed by atoms with van der Waals surface area (Å²) in [5.74, 6) is -0.0603. The third kappa shape index (κ3) is 7.60. The van der Waals surface area contributed by atoms with Crippen LogP contribution >= 0.6 is 0 Å². The number of rotatable bonds is 12. The van der Waals surface area contributed by atoms with Crippen LogP contribution < -0.4 is 10.1 Å². The van der Waals surface area contributed by atoms with Gasteiger partial charge >= 0.3 is 0 Å². The zero-order chi connectivity index (χ0) is 30.5. The Morgan fingerprint density at radius 3 is 2.47 bits per heavy atom. The number of nitrogens with zero attached hydrogens (tertiary/aromatic N) is 2. The molecule has 0 aliphatic carbocycles. The molecule has 0 radical (unpaired) electrons. The number of nitrogens with one attached hydrogen (secondary N) is 1. The minimum atomic E-state index is -3.66. The topological polar surface area (TPSA) is 155 Å². The Labute approximate surface area is 252 Å². The number of pyridine rings is 1. The summed E-state index contributed by atoms with van der Waals surface area (Å²) < 4.78 is 64.6. The van der Waals surface area contributed by atoms with Crippen molar-refractivity contribution < 1.29 is 36.5 Å². The van der Waals surface area contributed by atoms with Crippen LogP contribution in [0.3, 0.4) is 0 Å². The van der Waals surface area contributed by atoms with Gasteiger partial charge in [0.2, 0.25) is 10.0 Å². The normalized spacial score (nSPS) is 19.8. The van der Waals surface area contributed by atoms with Gasteiger partial charge in [-0.1, -0.05) is 18.2 Å². The predicted molar refractivity (Wildman–Crippen MR) is 160 cm³/mol. The molecule has 3 N–H and O–H groups in total. The maximum absolute atomic E-state index is 13.5. The second kappa shape index (κ2) is 13.4. The number of sulfonamides is 1. The molecular weight excluding hydrogens is 594 g/mol. The summed E-state index contributed by atoms with van der Waals surface area (Å²) in [6, 6.07) is 16.6. The molecular formula is C30H37N3O8S2. The lowest BCUT2D eigenvalue weighted by molar-refractivity contribution is -0.0312. The summed E-state index contributed by atoms with van der Waals surface area (Å²) >= 11 is 0. The molecule has 0 saturated carbocycles. The third-order valence-electron chi connectivity index (χ3n) is 7.94. The van der Waals surface area contributed by atoms with Crippen LogP contribution in [-0.2, 0) is 24.6 Å². The van der Waals surface area contributed by atoms with E-state index in [1.807, 2.05) is 18.2 Å². The smallest absolute Gasteiger partial charge is 0.243 e. The number of aromatic nitrogens is 1. The van der Waals surface area contributed by atoms with Crippen LogP contribution in [-0.4, -0.2) is 99.3 Å². The molecule has 232 valence electrons. The molecule has 1 aromatic heterocycles. The van der Waals surface area contributed by atoms with Crippen LogP contribution in [0.25, 0.3) is 11.1 Å². The Bertz CT molecular complexity index is 1590. The number of aliphatic hydroxyl groups excluding tert-OH is 2. The van der Waals surface area contributed by atoms with Crippen molar-refractivity contribution in [2.45, 2.75) is 46.8 Å². The lowest BCUT2D eigenvalue weighted by Gasteiger charge is -2.38. The van der Waals surface area contributed by atoms with Gasteiger partial charge < -0.3 is 25.0 Å². The fourth-order valence-electron chi connectivity index (χ4n) is 5.54. The minimum Gasteiger partial charge on any atom is -0.491 e. The first kappa shape index (κ1) is 31.5. The van der Waals surface area contributed by atoms with Crippen LogP contribution in [0.15, 0.2) is 82.8 Å². The van der Waals surface area contributed by atoms with E-state index in [0.29, 0.717) is 44.7 Å². The molecule has 13 heteroatoms. The average Bonchev–Trinajstić information content (AvgIpc) is 3.41. The van der Waals surface area contributed by atoms with Gasteiger partial charge in [0.15, 0.2) is 9.84 Å². The van der Waals surface area contributed by atoms with Crippen molar-refractivity contribution in [3.8, 4) is 16.9 Å². The highest BCUT2D eigenvalue weighted by atomic mass is 32.2. The van der Waals surface area contributed by atoms with Crippen LogP contribution in [0.2, 0.25) is 0 Å². The Kier molecular flexibility index (Phi) is 9.81. The van der Waals surface area contributed by atoms with Crippen LogP contribution in [0.5, 0.6) is 5.75 Å². The molecule has 3 aromatic rings. The molecule has 43 heavy (non-hydrogen) atoms. The number of hydrogen-bond donors (Lipinski definition) is 3. The maximum Gasteiger partial charge on any atom is 0.243 e. The molecule has 5 rings (SSSR count). The van der Waals surface area contributed by atoms with Crippen molar-refractivity contribution in [2.75, 3.05) is 45.2 Å². The van der Waals surface area contributed by atoms with E-state index < -0.39 is 38.2 Å². The van der Waals surface area contributed by atoms with E-state index >= 15 is 0 Å². The van der Waals surface area contributed by atoms with E-state index in [4.69, 9.17) is 14.6 Å². The van der Waals surface area contributed by atoms with Crippen molar-refractivity contribution in [1.82, 2.24) is 14.6 Å². The SMILES string of the molecule is O=S(=O)(CCO)c1cccc(OCC(O)CN[C@H]2COC3(CCN(S(=O)(=O)c4cccc(-c5ccncc5)c4)CC3)C2)c1. The number of piperidine rings is 1. The molecule has 2 aliphatic heterocycles. The zero-order valence-corrected chi connectivity index (χ0v) is 25.3. The third-order valence-corrected chi connectivity index (χ3v) is 11.5.